The average molecular weight is 479 g/mol. The van der Waals surface area contributed by atoms with E-state index in [9.17, 15) is 9.59 Å². The van der Waals surface area contributed by atoms with Gasteiger partial charge >= 0.3 is 0 Å². The van der Waals surface area contributed by atoms with Crippen LogP contribution in [0.2, 0.25) is 0 Å². The van der Waals surface area contributed by atoms with Gasteiger partial charge in [0.2, 0.25) is 17.6 Å². The number of carbonyl (C=O) groups excluding carboxylic acids is 2. The molecule has 0 fully saturated rings. The molecule has 3 aromatic rings. The van der Waals surface area contributed by atoms with E-state index in [1.54, 1.807) is 38.0 Å². The topological polar surface area (TPSA) is 77.1 Å². The van der Waals surface area contributed by atoms with Crippen molar-refractivity contribution < 1.29 is 23.8 Å². The molecular weight excluding hydrogens is 452 g/mol. The zero-order valence-electron chi connectivity index (χ0n) is 19.2. The summed E-state index contributed by atoms with van der Waals surface area (Å²) < 4.78 is 16.4. The smallest absolute Gasteiger partial charge is 0.244 e. The van der Waals surface area contributed by atoms with Crippen LogP contribution in [0.25, 0.3) is 0 Å². The lowest BCUT2D eigenvalue weighted by Crippen LogP contribution is -2.38. The van der Waals surface area contributed by atoms with Crippen LogP contribution in [0.3, 0.4) is 0 Å². The molecule has 0 unspecified atom stereocenters. The van der Waals surface area contributed by atoms with Crippen LogP contribution in [0.5, 0.6) is 17.2 Å². The van der Waals surface area contributed by atoms with Crippen molar-refractivity contribution in [3.05, 3.63) is 72.3 Å². The Labute approximate surface area is 203 Å². The minimum atomic E-state index is -0.259. The largest absolute Gasteiger partial charge is 0.493 e. The highest BCUT2D eigenvalue weighted by Crippen LogP contribution is 2.49. The number of anilines is 2. The lowest BCUT2D eigenvalue weighted by molar-refractivity contribution is -0.121. The van der Waals surface area contributed by atoms with Gasteiger partial charge in [-0.25, -0.2) is 0 Å². The van der Waals surface area contributed by atoms with Crippen LogP contribution in [-0.2, 0) is 9.59 Å². The number of para-hydroxylation sites is 2. The number of hydrogen-bond donors (Lipinski definition) is 1. The van der Waals surface area contributed by atoms with E-state index in [1.165, 1.54) is 0 Å². The van der Waals surface area contributed by atoms with Gasteiger partial charge in [-0.05, 0) is 42.0 Å². The summed E-state index contributed by atoms with van der Waals surface area (Å²) in [6, 6.07) is 20.6. The Morgan fingerprint density at radius 2 is 1.62 bits per heavy atom. The molecule has 2 amide bonds. The maximum atomic E-state index is 13.4. The van der Waals surface area contributed by atoms with Crippen LogP contribution >= 0.6 is 11.8 Å². The monoisotopic (exact) mass is 478 g/mol. The predicted molar refractivity (Wildman–Crippen MR) is 133 cm³/mol. The van der Waals surface area contributed by atoms with Crippen LogP contribution in [0, 0.1) is 0 Å². The van der Waals surface area contributed by atoms with Crippen LogP contribution in [0.4, 0.5) is 11.4 Å². The molecule has 7 nitrogen and oxygen atoms in total. The number of amides is 2. The normalized spacial score (nSPS) is 15.2. The van der Waals surface area contributed by atoms with Gasteiger partial charge in [-0.1, -0.05) is 30.3 Å². The van der Waals surface area contributed by atoms with Crippen molar-refractivity contribution in [3.8, 4) is 17.2 Å². The maximum absolute atomic E-state index is 13.4. The summed E-state index contributed by atoms with van der Waals surface area (Å²) in [6.07, 6.45) is 0.205. The van der Waals surface area contributed by atoms with E-state index in [2.05, 4.69) is 5.32 Å². The van der Waals surface area contributed by atoms with Crippen molar-refractivity contribution in [2.24, 2.45) is 0 Å². The molecule has 4 rings (SSSR count). The number of nitrogens with zero attached hydrogens (tertiary/aromatic N) is 1. The first-order valence-corrected chi connectivity index (χ1v) is 11.6. The molecule has 8 heteroatoms. The second-order valence-corrected chi connectivity index (χ2v) is 8.88. The Balaban J connectivity index is 1.64. The number of hydrogen-bond acceptors (Lipinski definition) is 6. The van der Waals surface area contributed by atoms with Crippen molar-refractivity contribution in [1.82, 2.24) is 0 Å². The van der Waals surface area contributed by atoms with E-state index in [0.717, 1.165) is 16.1 Å². The van der Waals surface area contributed by atoms with Gasteiger partial charge in [0.15, 0.2) is 11.5 Å². The first-order valence-electron chi connectivity index (χ1n) is 10.7. The Morgan fingerprint density at radius 3 is 2.26 bits per heavy atom. The fourth-order valence-electron chi connectivity index (χ4n) is 3.89. The number of fused-ring (bicyclic) bond motifs is 1. The molecule has 176 valence electrons. The van der Waals surface area contributed by atoms with Crippen LogP contribution < -0.4 is 24.4 Å². The first-order chi connectivity index (χ1) is 16.5. The lowest BCUT2D eigenvalue weighted by atomic mass is 10.1. The SMILES string of the molecule is COc1cc([C@@H]2CC(=O)N(CC(=O)Nc3ccccc3)c3ccccc3S2)cc(OC)c1OC. The number of carbonyl (C=O) groups is 2. The molecular formula is C26H26N2O5S. The highest BCUT2D eigenvalue weighted by atomic mass is 32.2. The van der Waals surface area contributed by atoms with Crippen LogP contribution in [0.15, 0.2) is 71.6 Å². The summed E-state index contributed by atoms with van der Waals surface area (Å²) in [6.45, 7) is -0.0761. The van der Waals surface area contributed by atoms with Crippen molar-refractivity contribution in [2.75, 3.05) is 38.1 Å². The van der Waals surface area contributed by atoms with Gasteiger partial charge in [0.05, 0.1) is 27.0 Å². The molecule has 3 aromatic carbocycles. The summed E-state index contributed by atoms with van der Waals surface area (Å²) >= 11 is 1.58. The quantitative estimate of drug-likeness (QED) is 0.519. The number of methoxy groups -OCH3 is 3. The van der Waals surface area contributed by atoms with Gasteiger partial charge < -0.3 is 24.4 Å². The molecule has 1 aliphatic rings. The summed E-state index contributed by atoms with van der Waals surface area (Å²) in [7, 11) is 4.68. The molecule has 0 aromatic heterocycles. The van der Waals surface area contributed by atoms with Gasteiger partial charge in [-0.15, -0.1) is 11.8 Å². The molecule has 1 atom stereocenters. The summed E-state index contributed by atoms with van der Waals surface area (Å²) in [5.74, 6) is 1.16. The average Bonchev–Trinajstić information content (AvgIpc) is 3.00. The second kappa shape index (κ2) is 10.5. The standard InChI is InChI=1S/C26H26N2O5S/c1-31-20-13-17(14-21(32-2)26(20)33-3)23-15-25(30)28(19-11-7-8-12-22(19)34-23)16-24(29)27-18-9-5-4-6-10-18/h4-14,23H,15-16H2,1-3H3,(H,27,29)/t23-/m0/s1. The van der Waals surface area contributed by atoms with Crippen molar-refractivity contribution in [2.45, 2.75) is 16.6 Å². The van der Waals surface area contributed by atoms with Gasteiger partial charge in [0.1, 0.15) is 6.54 Å². The molecule has 1 heterocycles. The highest BCUT2D eigenvalue weighted by Gasteiger charge is 2.31. The van der Waals surface area contributed by atoms with Crippen molar-refractivity contribution in [3.63, 3.8) is 0 Å². The van der Waals surface area contributed by atoms with Crippen molar-refractivity contribution >= 4 is 35.0 Å². The predicted octanol–water partition coefficient (Wildman–Crippen LogP) is 4.92. The lowest BCUT2D eigenvalue weighted by Gasteiger charge is -2.22. The summed E-state index contributed by atoms with van der Waals surface area (Å²) in [4.78, 5) is 28.7. The molecule has 0 bridgehead atoms. The van der Waals surface area contributed by atoms with Gasteiger partial charge in [-0.2, -0.15) is 0 Å². The van der Waals surface area contributed by atoms with E-state index in [0.29, 0.717) is 22.9 Å². The maximum Gasteiger partial charge on any atom is 0.244 e. The number of rotatable bonds is 7. The number of benzene rings is 3. The Kier molecular flexibility index (Phi) is 7.27. The van der Waals surface area contributed by atoms with E-state index < -0.39 is 0 Å². The van der Waals surface area contributed by atoms with Crippen LogP contribution in [-0.4, -0.2) is 39.7 Å². The molecule has 34 heavy (non-hydrogen) atoms. The molecule has 0 spiro atoms. The van der Waals surface area contributed by atoms with Gasteiger partial charge in [-0.3, -0.25) is 9.59 Å². The van der Waals surface area contributed by atoms with Crippen molar-refractivity contribution in [1.29, 1.82) is 0 Å². The second-order valence-electron chi connectivity index (χ2n) is 7.63. The molecule has 0 radical (unpaired) electrons. The number of ether oxygens (including phenoxy) is 3. The fourth-order valence-corrected chi connectivity index (χ4v) is 5.15. The van der Waals surface area contributed by atoms with E-state index >= 15 is 0 Å². The number of thioether (sulfide) groups is 1. The van der Waals surface area contributed by atoms with Gasteiger partial charge in [0, 0.05) is 22.3 Å². The Hall–Kier alpha value is -3.65. The first kappa shape index (κ1) is 23.5. The minimum Gasteiger partial charge on any atom is -0.493 e. The zero-order valence-corrected chi connectivity index (χ0v) is 20.1. The molecule has 0 aliphatic carbocycles. The fraction of sp³-hybridized carbons (Fsp3) is 0.231. The molecule has 0 saturated heterocycles. The third kappa shape index (κ3) is 4.97. The molecule has 1 aliphatic heterocycles. The minimum absolute atomic E-state index is 0.0761. The third-order valence-corrected chi connectivity index (χ3v) is 6.83. The third-order valence-electron chi connectivity index (χ3n) is 5.50. The van der Waals surface area contributed by atoms with Gasteiger partial charge in [0.25, 0.3) is 0 Å². The Bertz CT molecular complexity index is 1160. The van der Waals surface area contributed by atoms with E-state index in [1.807, 2.05) is 66.7 Å². The summed E-state index contributed by atoms with van der Waals surface area (Å²) in [5.41, 5.74) is 2.28. The summed E-state index contributed by atoms with van der Waals surface area (Å²) in [5, 5.41) is 2.66. The molecule has 0 saturated carbocycles. The number of nitrogens with one attached hydrogen (secondary N) is 1. The van der Waals surface area contributed by atoms with E-state index in [4.69, 9.17) is 14.2 Å². The molecule has 1 N–H and O–H groups in total. The van der Waals surface area contributed by atoms with Crippen LogP contribution in [0.1, 0.15) is 17.2 Å². The van der Waals surface area contributed by atoms with E-state index in [-0.39, 0.29) is 30.0 Å². The Morgan fingerprint density at radius 1 is 0.971 bits per heavy atom. The zero-order chi connectivity index (χ0) is 24.1. The highest BCUT2D eigenvalue weighted by molar-refractivity contribution is 7.99.